The summed E-state index contributed by atoms with van der Waals surface area (Å²) in [5, 5.41) is 17.8. The van der Waals surface area contributed by atoms with Crippen LogP contribution in [0.15, 0.2) is 122 Å². The predicted octanol–water partition coefficient (Wildman–Crippen LogP) is 9.16. The molecule has 0 spiro atoms. The van der Waals surface area contributed by atoms with E-state index in [1.807, 2.05) is 53.5 Å². The minimum absolute atomic E-state index is 0. The van der Waals surface area contributed by atoms with Gasteiger partial charge in [-0.05, 0) is 46.5 Å². The van der Waals surface area contributed by atoms with Crippen molar-refractivity contribution in [2.75, 3.05) is 10.4 Å². The van der Waals surface area contributed by atoms with Crippen LogP contribution in [0.25, 0.3) is 9.69 Å². The summed E-state index contributed by atoms with van der Waals surface area (Å²) >= 11 is 3.31. The first-order valence-electron chi connectivity index (χ1n) is 14.1. The average molecular weight is 712 g/mol. The first-order chi connectivity index (χ1) is 23.0. The summed E-state index contributed by atoms with van der Waals surface area (Å²) in [6.45, 7) is 13.6. The van der Waals surface area contributed by atoms with Gasteiger partial charge >= 0.3 is 0 Å². The number of benzene rings is 4. The lowest BCUT2D eigenvalue weighted by atomic mass is 10.1. The first-order valence-corrected chi connectivity index (χ1v) is 15.2. The largest absolute Gasteiger partial charge is 0.292 e. The molecule has 0 saturated heterocycles. The van der Waals surface area contributed by atoms with Crippen LogP contribution in [0.1, 0.15) is 29.7 Å². The molecule has 10 nitrogen and oxygen atoms in total. The van der Waals surface area contributed by atoms with Crippen molar-refractivity contribution >= 4 is 38.7 Å². The molecule has 0 saturated carbocycles. The average Bonchev–Trinajstić information content (AvgIpc) is 3.87. The molecule has 244 valence electrons. The van der Waals surface area contributed by atoms with Gasteiger partial charge < -0.3 is 0 Å². The van der Waals surface area contributed by atoms with Gasteiger partial charge in [0.25, 0.3) is 0 Å². The summed E-state index contributed by atoms with van der Waals surface area (Å²) in [6, 6.07) is 29.3. The summed E-state index contributed by atoms with van der Waals surface area (Å²) in [5.41, 5.74) is 9.64. The van der Waals surface area contributed by atoms with E-state index in [1.165, 1.54) is 5.56 Å². The maximum absolute atomic E-state index is 12.6. The molecule has 6 rings (SSSR count). The van der Waals surface area contributed by atoms with Crippen LogP contribution < -0.4 is 10.4 Å². The highest BCUT2D eigenvalue weighted by Crippen LogP contribution is 2.22. The Morgan fingerprint density at radius 3 is 1.52 bits per heavy atom. The molecular formula is C35H33BrF2N10. The van der Waals surface area contributed by atoms with Crippen LogP contribution in [0, 0.1) is 13.1 Å². The lowest BCUT2D eigenvalue weighted by Crippen LogP contribution is -2.27. The molecule has 1 N–H and O–H groups in total. The number of aromatic nitrogens is 6. The fourth-order valence-corrected chi connectivity index (χ4v) is 4.34. The normalized spacial score (nSPS) is 9.69. The van der Waals surface area contributed by atoms with Gasteiger partial charge in [-0.1, -0.05) is 96.2 Å². The molecule has 0 amide bonds. The summed E-state index contributed by atoms with van der Waals surface area (Å²) in [6.07, 6.45) is 6.34. The second-order valence-corrected chi connectivity index (χ2v) is 10.3. The number of anilines is 2. The molecule has 0 bridgehead atoms. The number of hydrogen-bond donors (Lipinski definition) is 1. The van der Waals surface area contributed by atoms with E-state index in [0.717, 1.165) is 27.8 Å². The van der Waals surface area contributed by atoms with Crippen LogP contribution in [0.3, 0.4) is 0 Å². The van der Waals surface area contributed by atoms with E-state index in [2.05, 4.69) is 51.4 Å². The molecule has 6 aromatic rings. The van der Waals surface area contributed by atoms with Gasteiger partial charge in [0, 0.05) is 5.33 Å². The molecule has 0 unspecified atom stereocenters. The van der Waals surface area contributed by atoms with E-state index in [1.54, 1.807) is 83.2 Å². The third-order valence-corrected chi connectivity index (χ3v) is 7.12. The minimum atomic E-state index is -0.465. The molecule has 0 fully saturated rings. The summed E-state index contributed by atoms with van der Waals surface area (Å²) in [5.74, 6) is 0. The van der Waals surface area contributed by atoms with Gasteiger partial charge in [0.15, 0.2) is 11.4 Å². The number of alkyl halides is 3. The van der Waals surface area contributed by atoms with Crippen LogP contribution in [0.2, 0.25) is 0 Å². The van der Waals surface area contributed by atoms with E-state index in [-0.39, 0.29) is 14.1 Å². The van der Waals surface area contributed by atoms with E-state index >= 15 is 0 Å². The van der Waals surface area contributed by atoms with Crippen molar-refractivity contribution in [3.05, 3.63) is 167 Å². The number of halogens is 3. The van der Waals surface area contributed by atoms with E-state index < -0.39 is 6.67 Å². The van der Waals surface area contributed by atoms with Crippen LogP contribution in [-0.4, -0.2) is 29.7 Å². The van der Waals surface area contributed by atoms with E-state index in [9.17, 15) is 8.78 Å². The van der Waals surface area contributed by atoms with Crippen LogP contribution in [0.5, 0.6) is 0 Å². The van der Waals surface area contributed by atoms with Gasteiger partial charge in [0.2, 0.25) is 0 Å². The maximum atomic E-state index is 12.6. The minimum Gasteiger partial charge on any atom is -0.292 e. The molecule has 0 radical (unpaired) electrons. The maximum Gasteiger partial charge on any atom is 0.187 e. The summed E-state index contributed by atoms with van der Waals surface area (Å²) in [4.78, 5) is 6.70. The third-order valence-electron chi connectivity index (χ3n) is 6.48. The highest BCUT2D eigenvalue weighted by molar-refractivity contribution is 9.08. The Morgan fingerprint density at radius 2 is 1.06 bits per heavy atom. The molecule has 4 aromatic carbocycles. The molecular weight excluding hydrogens is 678 g/mol. The molecule has 0 atom stereocenters. The van der Waals surface area contributed by atoms with E-state index in [0.29, 0.717) is 23.5 Å². The van der Waals surface area contributed by atoms with Crippen LogP contribution >= 0.6 is 15.9 Å². The zero-order valence-electron chi connectivity index (χ0n) is 25.0. The number of hydrogen-bond acceptors (Lipinski definition) is 6. The first kappa shape index (κ1) is 36.5. The highest BCUT2D eigenvalue weighted by Gasteiger charge is 2.10. The Morgan fingerprint density at radius 1 is 0.625 bits per heavy atom. The van der Waals surface area contributed by atoms with Crippen molar-refractivity contribution in [3.8, 4) is 0 Å². The Kier molecular flexibility index (Phi) is 14.9. The van der Waals surface area contributed by atoms with Crippen molar-refractivity contribution in [2.24, 2.45) is 0 Å². The predicted molar refractivity (Wildman–Crippen MR) is 188 cm³/mol. The number of nitrogens with one attached hydrogen (secondary N) is 1. The van der Waals surface area contributed by atoms with Crippen molar-refractivity contribution in [1.82, 2.24) is 29.7 Å². The van der Waals surface area contributed by atoms with Gasteiger partial charge in [-0.15, -0.1) is 20.4 Å². The zero-order chi connectivity index (χ0) is 33.3. The van der Waals surface area contributed by atoms with Gasteiger partial charge in [-0.3, -0.25) is 10.4 Å². The number of nitrogens with zero attached hydrogens (tertiary/aromatic N) is 9. The van der Waals surface area contributed by atoms with Crippen LogP contribution in [0.4, 0.5) is 31.5 Å². The quantitative estimate of drug-likeness (QED) is 0.119. The third kappa shape index (κ3) is 11.2. The van der Waals surface area contributed by atoms with Gasteiger partial charge in [0.05, 0.1) is 31.1 Å². The Bertz CT molecular complexity index is 1810. The second-order valence-electron chi connectivity index (χ2n) is 9.70. The lowest BCUT2D eigenvalue weighted by molar-refractivity contribution is 0.485. The Labute approximate surface area is 287 Å². The fraction of sp³-hybridized carbons (Fsp3) is 0.143. The molecule has 2 heterocycles. The SMILES string of the molecule is C.FCc1ccc(CBr)cc1.[C-]#[N+]c1ccc(N(Cc2ccc(CF)cc2)n2cnnc2)cc1.[C-]#[N+]c1ccc(Nn2cnnc2)cc1. The zero-order valence-corrected chi connectivity index (χ0v) is 26.6. The summed E-state index contributed by atoms with van der Waals surface area (Å²) in [7, 11) is 0. The smallest absolute Gasteiger partial charge is 0.187 e. The fourth-order valence-electron chi connectivity index (χ4n) is 3.97. The topological polar surface area (TPSA) is 85.4 Å². The molecule has 0 aliphatic rings. The molecule has 0 aliphatic carbocycles. The van der Waals surface area contributed by atoms with Crippen molar-refractivity contribution in [2.45, 2.75) is 32.7 Å². The molecule has 48 heavy (non-hydrogen) atoms. The van der Waals surface area contributed by atoms with Crippen LogP contribution in [-0.2, 0) is 25.2 Å². The van der Waals surface area contributed by atoms with Crippen molar-refractivity contribution in [3.63, 3.8) is 0 Å². The van der Waals surface area contributed by atoms with Gasteiger partial charge in [-0.2, -0.15) is 0 Å². The molecule has 13 heteroatoms. The standard InChI is InChI=1S/C17H14FN5.C9H7N5.C8H8BrF.CH4/c1-19-16-6-8-17(9-7-16)23(22-12-20-21-13-22)11-15-4-2-14(10-18)3-5-15;1-10-8-2-4-9(5-3-8)13-14-6-11-12-7-14;9-5-7-1-3-8(6-10)4-2-7;/h2-9,12-13H,10-11H2;2-7,13H;1-4H,5-6H2;1H4. The molecule has 2 aromatic heterocycles. The lowest BCUT2D eigenvalue weighted by Gasteiger charge is -2.25. The van der Waals surface area contributed by atoms with Gasteiger partial charge in [0.1, 0.15) is 38.7 Å². The summed E-state index contributed by atoms with van der Waals surface area (Å²) < 4.78 is 28.0. The second kappa shape index (κ2) is 19.6. The Hall–Kier alpha value is -5.92. The molecule has 0 aliphatic heterocycles. The van der Waals surface area contributed by atoms with Crippen molar-refractivity contribution < 1.29 is 8.78 Å². The monoisotopic (exact) mass is 710 g/mol. The van der Waals surface area contributed by atoms with E-state index in [4.69, 9.17) is 13.1 Å². The number of rotatable bonds is 9. The van der Waals surface area contributed by atoms with Gasteiger partial charge in [-0.25, -0.2) is 27.8 Å². The highest BCUT2D eigenvalue weighted by atomic mass is 79.9. The Balaban J connectivity index is 0.000000213. The van der Waals surface area contributed by atoms with Crippen molar-refractivity contribution in [1.29, 1.82) is 0 Å².